The molecule has 0 spiro atoms. The van der Waals surface area contributed by atoms with Gasteiger partial charge < -0.3 is 19.8 Å². The second kappa shape index (κ2) is 11.0. The number of benzene rings is 2. The third-order valence-electron chi connectivity index (χ3n) is 8.80. The average molecular weight is 597 g/mol. The van der Waals surface area contributed by atoms with Crippen molar-refractivity contribution in [1.82, 2.24) is 19.8 Å². The second-order valence-electron chi connectivity index (χ2n) is 11.6. The summed E-state index contributed by atoms with van der Waals surface area (Å²) in [6.45, 7) is 13.0. The van der Waals surface area contributed by atoms with E-state index in [1.165, 1.54) is 31.1 Å². The fourth-order valence-electron chi connectivity index (χ4n) is 6.41. The highest BCUT2D eigenvalue weighted by molar-refractivity contribution is 6.34. The average Bonchev–Trinajstić information content (AvgIpc) is 3.78. The van der Waals surface area contributed by atoms with Crippen molar-refractivity contribution < 1.29 is 18.7 Å². The van der Waals surface area contributed by atoms with Crippen molar-refractivity contribution in [1.29, 1.82) is 0 Å². The van der Waals surface area contributed by atoms with Crippen molar-refractivity contribution in [3.8, 4) is 16.9 Å². The van der Waals surface area contributed by atoms with E-state index in [1.807, 2.05) is 18.7 Å². The molecule has 222 valence electrons. The van der Waals surface area contributed by atoms with E-state index in [9.17, 15) is 14.3 Å². The van der Waals surface area contributed by atoms with Gasteiger partial charge in [-0.3, -0.25) is 9.69 Å². The molecule has 2 saturated heterocycles. The summed E-state index contributed by atoms with van der Waals surface area (Å²) in [6.07, 6.45) is 3.75. The van der Waals surface area contributed by atoms with Crippen molar-refractivity contribution >= 4 is 40.2 Å². The van der Waals surface area contributed by atoms with Crippen LogP contribution in [0.4, 0.5) is 20.5 Å². The van der Waals surface area contributed by atoms with Crippen LogP contribution in [0.1, 0.15) is 33.6 Å². The molecule has 3 fully saturated rings. The lowest BCUT2D eigenvalue weighted by Crippen LogP contribution is -2.61. The van der Waals surface area contributed by atoms with Crippen LogP contribution in [-0.2, 0) is 4.79 Å². The standard InChI is InChI=1S/C31H35ClF2N6O2/c1-5-25(42)39-13-18(4)40(14-17(39)3)30-21-12-22(32)26(27-23(33)8-7-9-24(27)41)28(34)29(21)35-31(36-30)37-15-20(16-37)38(6-2)19-10-11-19/h5,7-9,12,17-20,41H,1,6,10-11,13-16H2,2-4H3/t17-,18+/m1/s1. The van der Waals surface area contributed by atoms with Crippen molar-refractivity contribution in [3.63, 3.8) is 0 Å². The SMILES string of the molecule is C=CC(=O)N1C[C@H](C)N(c2nc(N3CC(N(CC)C4CC4)C3)nc3c(F)c(-c4c(O)cccc4F)c(Cl)cc23)C[C@H]1C. The largest absolute Gasteiger partial charge is 0.507 e. The van der Waals surface area contributed by atoms with Gasteiger partial charge in [0.1, 0.15) is 22.9 Å². The van der Waals surface area contributed by atoms with Gasteiger partial charge in [0.15, 0.2) is 5.82 Å². The summed E-state index contributed by atoms with van der Waals surface area (Å²) in [5, 5.41) is 10.8. The Morgan fingerprint density at radius 3 is 2.50 bits per heavy atom. The summed E-state index contributed by atoms with van der Waals surface area (Å²) in [7, 11) is 0. The molecule has 3 aromatic rings. The van der Waals surface area contributed by atoms with Gasteiger partial charge in [0.25, 0.3) is 0 Å². The van der Waals surface area contributed by atoms with Crippen molar-refractivity contribution in [2.24, 2.45) is 0 Å². The molecule has 2 aromatic carbocycles. The van der Waals surface area contributed by atoms with Gasteiger partial charge in [-0.15, -0.1) is 0 Å². The second-order valence-corrected chi connectivity index (χ2v) is 12.0. The first-order valence-electron chi connectivity index (χ1n) is 14.5. The summed E-state index contributed by atoms with van der Waals surface area (Å²) < 4.78 is 31.4. The van der Waals surface area contributed by atoms with Crippen LogP contribution in [0.3, 0.4) is 0 Å². The van der Waals surface area contributed by atoms with Crippen LogP contribution in [0.5, 0.6) is 5.75 Å². The van der Waals surface area contributed by atoms with Gasteiger partial charge in [-0.1, -0.05) is 31.2 Å². The molecule has 11 heteroatoms. The minimum Gasteiger partial charge on any atom is -0.507 e. The molecular weight excluding hydrogens is 562 g/mol. The Hall–Kier alpha value is -3.50. The Balaban J connectivity index is 1.47. The highest BCUT2D eigenvalue weighted by Crippen LogP contribution is 2.43. The molecule has 1 N–H and O–H groups in total. The molecule has 42 heavy (non-hydrogen) atoms. The molecule has 1 saturated carbocycles. The molecular formula is C31H35ClF2N6O2. The smallest absolute Gasteiger partial charge is 0.246 e. The van der Waals surface area contributed by atoms with E-state index < -0.39 is 17.4 Å². The third kappa shape index (κ3) is 4.84. The van der Waals surface area contributed by atoms with E-state index in [1.54, 1.807) is 11.0 Å². The molecule has 2 atom stereocenters. The number of rotatable bonds is 7. The zero-order chi connectivity index (χ0) is 29.9. The molecule has 0 radical (unpaired) electrons. The summed E-state index contributed by atoms with van der Waals surface area (Å²) >= 11 is 6.62. The molecule has 0 unspecified atom stereocenters. The lowest BCUT2D eigenvalue weighted by Gasteiger charge is -2.46. The van der Waals surface area contributed by atoms with Crippen LogP contribution in [0.15, 0.2) is 36.9 Å². The molecule has 3 aliphatic rings. The van der Waals surface area contributed by atoms with Gasteiger partial charge in [0.05, 0.1) is 10.6 Å². The maximum absolute atomic E-state index is 16.5. The number of phenols is 1. The number of amides is 1. The van der Waals surface area contributed by atoms with Crippen LogP contribution >= 0.6 is 11.6 Å². The topological polar surface area (TPSA) is 76.0 Å². The number of fused-ring (bicyclic) bond motifs is 1. The van der Waals surface area contributed by atoms with E-state index in [0.29, 0.717) is 42.3 Å². The van der Waals surface area contributed by atoms with Crippen LogP contribution in [0, 0.1) is 11.6 Å². The van der Waals surface area contributed by atoms with Gasteiger partial charge in [0.2, 0.25) is 11.9 Å². The zero-order valence-electron chi connectivity index (χ0n) is 24.0. The van der Waals surface area contributed by atoms with Gasteiger partial charge in [-0.2, -0.15) is 4.98 Å². The van der Waals surface area contributed by atoms with Crippen molar-refractivity contribution in [2.45, 2.75) is 57.8 Å². The fourth-order valence-corrected chi connectivity index (χ4v) is 6.70. The molecule has 1 aliphatic carbocycles. The Labute approximate surface area is 249 Å². The Bertz CT molecular complexity index is 1540. The first kappa shape index (κ1) is 28.6. The lowest BCUT2D eigenvalue weighted by atomic mass is 10.00. The number of anilines is 2. The predicted octanol–water partition coefficient (Wildman–Crippen LogP) is 5.22. The fraction of sp³-hybridized carbons (Fsp3) is 0.452. The number of piperazine rings is 1. The summed E-state index contributed by atoms with van der Waals surface area (Å²) in [5.74, 6) is -1.29. The normalized spacial score (nSPS) is 21.3. The van der Waals surface area contributed by atoms with Crippen LogP contribution in [0.25, 0.3) is 22.0 Å². The third-order valence-corrected chi connectivity index (χ3v) is 9.10. The Morgan fingerprint density at radius 1 is 1.12 bits per heavy atom. The first-order chi connectivity index (χ1) is 20.1. The predicted molar refractivity (Wildman–Crippen MR) is 161 cm³/mol. The first-order valence-corrected chi connectivity index (χ1v) is 14.9. The number of phenolic OH excluding ortho intramolecular Hbond substituents is 1. The molecule has 1 amide bonds. The van der Waals surface area contributed by atoms with E-state index in [0.717, 1.165) is 25.7 Å². The van der Waals surface area contributed by atoms with E-state index in [-0.39, 0.29) is 39.7 Å². The van der Waals surface area contributed by atoms with Crippen LogP contribution < -0.4 is 9.80 Å². The van der Waals surface area contributed by atoms with E-state index in [4.69, 9.17) is 16.6 Å². The summed E-state index contributed by atoms with van der Waals surface area (Å²) in [5.41, 5.74) is -0.556. The zero-order valence-corrected chi connectivity index (χ0v) is 24.8. The number of hydrogen-bond acceptors (Lipinski definition) is 7. The number of likely N-dealkylation sites (N-methyl/N-ethyl adjacent to an activating group) is 1. The highest BCUT2D eigenvalue weighted by Gasteiger charge is 2.41. The Kier molecular flexibility index (Phi) is 7.47. The van der Waals surface area contributed by atoms with Crippen LogP contribution in [-0.4, -0.2) is 87.7 Å². The maximum Gasteiger partial charge on any atom is 0.246 e. The number of carbonyl (C=O) groups is 1. The minimum absolute atomic E-state index is 0.000468. The number of halogens is 3. The highest BCUT2D eigenvalue weighted by atomic mass is 35.5. The summed E-state index contributed by atoms with van der Waals surface area (Å²) in [6, 6.07) is 6.04. The van der Waals surface area contributed by atoms with Gasteiger partial charge in [0, 0.05) is 61.3 Å². The van der Waals surface area contributed by atoms with E-state index in [2.05, 4.69) is 28.3 Å². The van der Waals surface area contributed by atoms with Gasteiger partial charge in [-0.25, -0.2) is 13.8 Å². The number of aromatic nitrogens is 2. The van der Waals surface area contributed by atoms with Gasteiger partial charge >= 0.3 is 0 Å². The maximum atomic E-state index is 16.5. The number of carbonyl (C=O) groups excluding carboxylic acids is 1. The molecule has 2 aliphatic heterocycles. The quantitative estimate of drug-likeness (QED) is 0.375. The molecule has 1 aromatic heterocycles. The summed E-state index contributed by atoms with van der Waals surface area (Å²) in [4.78, 5) is 30.5. The van der Waals surface area contributed by atoms with Crippen molar-refractivity contribution in [3.05, 3.63) is 53.6 Å². The number of nitrogens with zero attached hydrogens (tertiary/aromatic N) is 6. The van der Waals surface area contributed by atoms with E-state index >= 15 is 4.39 Å². The number of hydrogen-bond donors (Lipinski definition) is 1. The Morgan fingerprint density at radius 2 is 1.86 bits per heavy atom. The van der Waals surface area contributed by atoms with Crippen molar-refractivity contribution in [2.75, 3.05) is 42.5 Å². The molecule has 3 heterocycles. The van der Waals surface area contributed by atoms with Crippen LogP contribution in [0.2, 0.25) is 5.02 Å². The van der Waals surface area contributed by atoms with Gasteiger partial charge in [-0.05, 0) is 57.5 Å². The number of aromatic hydroxyl groups is 1. The molecule has 0 bridgehead atoms. The lowest BCUT2D eigenvalue weighted by molar-refractivity contribution is -0.128. The minimum atomic E-state index is -0.825. The molecule has 6 rings (SSSR count). The molecule has 8 nitrogen and oxygen atoms in total. The monoisotopic (exact) mass is 596 g/mol.